The Morgan fingerprint density at radius 3 is 2.43 bits per heavy atom. The van der Waals surface area contributed by atoms with Gasteiger partial charge in [0, 0.05) is 27.0 Å². The second-order valence-electron chi connectivity index (χ2n) is 8.51. The first-order chi connectivity index (χ1) is 17.6. The molecule has 9 heteroatoms. The Bertz CT molecular complexity index is 1730. The topological polar surface area (TPSA) is 52.2 Å². The van der Waals surface area contributed by atoms with Crippen molar-refractivity contribution in [3.8, 4) is 17.1 Å². The predicted octanol–water partition coefficient (Wildman–Crippen LogP) is 7.13. The Morgan fingerprint density at radius 1 is 0.946 bits per heavy atom. The van der Waals surface area contributed by atoms with Crippen LogP contribution in [0.4, 0.5) is 13.2 Å². The van der Waals surface area contributed by atoms with E-state index < -0.39 is 17.3 Å². The molecule has 37 heavy (non-hydrogen) atoms. The van der Waals surface area contributed by atoms with Gasteiger partial charge in [0.1, 0.15) is 0 Å². The zero-order valence-electron chi connectivity index (χ0n) is 19.8. The lowest BCUT2D eigenvalue weighted by molar-refractivity contribution is -0.137. The lowest BCUT2D eigenvalue weighted by atomic mass is 10.1. The summed E-state index contributed by atoms with van der Waals surface area (Å²) >= 11 is 3.59. The van der Waals surface area contributed by atoms with Gasteiger partial charge in [0.05, 0.1) is 28.4 Å². The molecule has 5 aromatic rings. The minimum atomic E-state index is -4.54. The lowest BCUT2D eigenvalue weighted by Crippen LogP contribution is -2.20. The number of fused-ring (bicyclic) bond motifs is 1. The smallest absolute Gasteiger partial charge is 0.317 e. The molecule has 5 rings (SSSR count). The molecule has 0 saturated carbocycles. The van der Waals surface area contributed by atoms with E-state index in [0.717, 1.165) is 43.9 Å². The summed E-state index contributed by atoms with van der Waals surface area (Å²) in [4.78, 5) is 17.9. The SMILES string of the molecule is Cc1cc(C=Nn2c(-c3cccc(C(F)(F)F)c3)nc3ccccc3c2=O)c(C)n1-c1ccccc1Br. The normalized spacial score (nSPS) is 12.1. The maximum Gasteiger partial charge on any atom is 0.416 e. The molecule has 186 valence electrons. The van der Waals surface area contributed by atoms with Gasteiger partial charge in [-0.25, -0.2) is 4.98 Å². The van der Waals surface area contributed by atoms with Crippen LogP contribution in [-0.2, 0) is 6.18 Å². The first-order valence-corrected chi connectivity index (χ1v) is 12.1. The van der Waals surface area contributed by atoms with Crippen LogP contribution in [-0.4, -0.2) is 20.4 Å². The maximum atomic E-state index is 13.4. The quantitative estimate of drug-likeness (QED) is 0.218. The van der Waals surface area contributed by atoms with Crippen molar-refractivity contribution >= 4 is 33.0 Å². The third-order valence-corrected chi connectivity index (χ3v) is 6.75. The number of benzene rings is 3. The van der Waals surface area contributed by atoms with Gasteiger partial charge < -0.3 is 4.57 Å². The average Bonchev–Trinajstić information content (AvgIpc) is 3.16. The number of aromatic nitrogens is 3. The minimum Gasteiger partial charge on any atom is -0.317 e. The molecule has 0 amide bonds. The van der Waals surface area contributed by atoms with E-state index in [0.29, 0.717) is 10.9 Å². The molecule has 0 fully saturated rings. The van der Waals surface area contributed by atoms with E-state index >= 15 is 0 Å². The van der Waals surface area contributed by atoms with E-state index in [-0.39, 0.29) is 11.4 Å². The van der Waals surface area contributed by atoms with Crippen LogP contribution >= 0.6 is 15.9 Å². The number of nitrogens with zero attached hydrogens (tertiary/aromatic N) is 4. The predicted molar refractivity (Wildman–Crippen MR) is 142 cm³/mol. The van der Waals surface area contributed by atoms with Gasteiger partial charge in [-0.2, -0.15) is 22.9 Å². The molecule has 0 N–H and O–H groups in total. The van der Waals surface area contributed by atoms with Gasteiger partial charge in [-0.3, -0.25) is 4.79 Å². The summed E-state index contributed by atoms with van der Waals surface area (Å²) in [5, 5.41) is 4.75. The van der Waals surface area contributed by atoms with E-state index in [1.807, 2.05) is 44.2 Å². The second-order valence-corrected chi connectivity index (χ2v) is 9.36. The van der Waals surface area contributed by atoms with Crippen LogP contribution in [0.1, 0.15) is 22.5 Å². The van der Waals surface area contributed by atoms with Crippen molar-refractivity contribution < 1.29 is 13.2 Å². The highest BCUT2D eigenvalue weighted by atomic mass is 79.9. The summed E-state index contributed by atoms with van der Waals surface area (Å²) in [5.41, 5.74) is 2.74. The Morgan fingerprint density at radius 2 is 1.68 bits per heavy atom. The Balaban J connectivity index is 1.68. The third kappa shape index (κ3) is 4.62. The second kappa shape index (κ2) is 9.48. The monoisotopic (exact) mass is 564 g/mol. The van der Waals surface area contributed by atoms with Gasteiger partial charge in [0.25, 0.3) is 5.56 Å². The number of hydrogen-bond donors (Lipinski definition) is 0. The van der Waals surface area contributed by atoms with E-state index in [2.05, 4.69) is 30.6 Å². The molecule has 0 aliphatic carbocycles. The molecule has 0 spiro atoms. The van der Waals surface area contributed by atoms with E-state index in [9.17, 15) is 18.0 Å². The third-order valence-electron chi connectivity index (χ3n) is 6.08. The molecule has 2 aromatic heterocycles. The summed E-state index contributed by atoms with van der Waals surface area (Å²) in [5.74, 6) is 0.0191. The summed E-state index contributed by atoms with van der Waals surface area (Å²) in [6, 6.07) is 21.1. The zero-order chi connectivity index (χ0) is 26.3. The number of halogens is 4. The maximum absolute atomic E-state index is 13.4. The average molecular weight is 565 g/mol. The van der Waals surface area contributed by atoms with E-state index in [1.54, 1.807) is 24.3 Å². The highest BCUT2D eigenvalue weighted by molar-refractivity contribution is 9.10. The summed E-state index contributed by atoms with van der Waals surface area (Å²) in [7, 11) is 0. The molecule has 0 bridgehead atoms. The fourth-order valence-electron chi connectivity index (χ4n) is 4.29. The van der Waals surface area contributed by atoms with Crippen molar-refractivity contribution in [3.63, 3.8) is 0 Å². The largest absolute Gasteiger partial charge is 0.416 e. The first-order valence-electron chi connectivity index (χ1n) is 11.3. The summed E-state index contributed by atoms with van der Waals surface area (Å²) in [6.07, 6.45) is -3.00. The van der Waals surface area contributed by atoms with Gasteiger partial charge in [0.2, 0.25) is 0 Å². The molecular weight excluding hydrogens is 545 g/mol. The van der Waals surface area contributed by atoms with Crippen LogP contribution in [0.25, 0.3) is 28.0 Å². The molecule has 3 aromatic carbocycles. The van der Waals surface area contributed by atoms with Crippen LogP contribution in [0.2, 0.25) is 0 Å². The highest BCUT2D eigenvalue weighted by Gasteiger charge is 2.31. The number of hydrogen-bond acceptors (Lipinski definition) is 3. The van der Waals surface area contributed by atoms with Crippen molar-refractivity contribution in [2.75, 3.05) is 0 Å². The van der Waals surface area contributed by atoms with Crippen LogP contribution in [0.5, 0.6) is 0 Å². The fourth-order valence-corrected chi connectivity index (χ4v) is 4.76. The Hall–Kier alpha value is -3.98. The van der Waals surface area contributed by atoms with Crippen molar-refractivity contribution in [1.82, 2.24) is 14.2 Å². The first kappa shape index (κ1) is 24.7. The minimum absolute atomic E-state index is 0.0191. The molecule has 5 nitrogen and oxygen atoms in total. The molecule has 0 atom stereocenters. The molecule has 0 aliphatic heterocycles. The molecular formula is C28H20BrF3N4O. The van der Waals surface area contributed by atoms with Gasteiger partial charge in [-0.15, -0.1) is 0 Å². The van der Waals surface area contributed by atoms with Gasteiger partial charge in [-0.1, -0.05) is 36.4 Å². The number of alkyl halides is 3. The van der Waals surface area contributed by atoms with Gasteiger partial charge >= 0.3 is 6.18 Å². The van der Waals surface area contributed by atoms with Crippen molar-refractivity contribution in [2.45, 2.75) is 20.0 Å². The van der Waals surface area contributed by atoms with Gasteiger partial charge in [0.15, 0.2) is 5.82 Å². The molecule has 0 radical (unpaired) electrons. The molecule has 0 aliphatic rings. The standard InChI is InChI=1S/C28H20BrF3N4O/c1-17-14-20(18(2)35(17)25-13-6-4-11-23(25)29)16-33-36-26(19-8-7-9-21(15-19)28(30,31)32)34-24-12-5-3-10-22(24)27(36)37/h3-16H,1-2H3. The van der Waals surface area contributed by atoms with E-state index in [1.165, 1.54) is 18.3 Å². The fraction of sp³-hybridized carbons (Fsp3) is 0.107. The number of rotatable bonds is 4. The van der Waals surface area contributed by atoms with Gasteiger partial charge in [-0.05, 0) is 72.2 Å². The van der Waals surface area contributed by atoms with Crippen LogP contribution in [0, 0.1) is 13.8 Å². The van der Waals surface area contributed by atoms with Crippen LogP contribution in [0.3, 0.4) is 0 Å². The Labute approximate surface area is 218 Å². The van der Waals surface area contributed by atoms with E-state index in [4.69, 9.17) is 0 Å². The van der Waals surface area contributed by atoms with Crippen molar-refractivity contribution in [1.29, 1.82) is 0 Å². The summed E-state index contributed by atoms with van der Waals surface area (Å²) < 4.78 is 44.3. The highest BCUT2D eigenvalue weighted by Crippen LogP contribution is 2.32. The Kier molecular flexibility index (Phi) is 6.33. The number of aryl methyl sites for hydroxylation is 1. The van der Waals surface area contributed by atoms with Crippen molar-refractivity contribution in [3.05, 3.63) is 116 Å². The van der Waals surface area contributed by atoms with Crippen molar-refractivity contribution in [2.24, 2.45) is 5.10 Å². The summed E-state index contributed by atoms with van der Waals surface area (Å²) in [6.45, 7) is 3.89. The number of para-hydroxylation sites is 2. The molecule has 0 saturated heterocycles. The van der Waals surface area contributed by atoms with Crippen LogP contribution < -0.4 is 5.56 Å². The lowest BCUT2D eigenvalue weighted by Gasteiger charge is -2.12. The zero-order valence-corrected chi connectivity index (χ0v) is 21.4. The van der Waals surface area contributed by atoms with Crippen LogP contribution in [0.15, 0.2) is 93.2 Å². The molecule has 0 unspecified atom stereocenters. The molecule has 2 heterocycles.